The van der Waals surface area contributed by atoms with Gasteiger partial charge < -0.3 is 9.88 Å². The molecule has 0 saturated carbocycles. The first-order chi connectivity index (χ1) is 8.65. The Morgan fingerprint density at radius 1 is 1.50 bits per heavy atom. The third-order valence-corrected chi connectivity index (χ3v) is 4.10. The zero-order valence-corrected chi connectivity index (χ0v) is 11.6. The van der Waals surface area contributed by atoms with Crippen molar-refractivity contribution in [2.75, 3.05) is 13.1 Å². The highest BCUT2D eigenvalue weighted by Gasteiger charge is 2.19. The molecule has 4 heteroatoms. The first kappa shape index (κ1) is 12.0. The van der Waals surface area contributed by atoms with Gasteiger partial charge in [-0.05, 0) is 50.0 Å². The summed E-state index contributed by atoms with van der Waals surface area (Å²) in [4.78, 5) is 4.72. The normalized spacial score (nSPS) is 19.8. The van der Waals surface area contributed by atoms with E-state index in [1.54, 1.807) is 0 Å². The quantitative estimate of drug-likeness (QED) is 0.903. The van der Waals surface area contributed by atoms with Gasteiger partial charge in [0.2, 0.25) is 0 Å². The fraction of sp³-hybridized carbons (Fsp3) is 0.500. The molecule has 2 heterocycles. The Kier molecular flexibility index (Phi) is 3.04. The van der Waals surface area contributed by atoms with Gasteiger partial charge in [-0.1, -0.05) is 11.6 Å². The van der Waals surface area contributed by atoms with Gasteiger partial charge in [0.05, 0.1) is 10.5 Å². The predicted molar refractivity (Wildman–Crippen MR) is 75.1 cm³/mol. The average molecular weight is 264 g/mol. The zero-order valence-electron chi connectivity index (χ0n) is 10.8. The largest absolute Gasteiger partial charge is 0.331 e. The van der Waals surface area contributed by atoms with Crippen LogP contribution in [0.2, 0.25) is 5.02 Å². The molecule has 0 spiro atoms. The van der Waals surface area contributed by atoms with Crippen LogP contribution in [-0.2, 0) is 13.5 Å². The molecule has 96 valence electrons. The monoisotopic (exact) mass is 263 g/mol. The lowest BCUT2D eigenvalue weighted by atomic mass is 10.0. The number of benzene rings is 1. The second kappa shape index (κ2) is 4.56. The minimum absolute atomic E-state index is 0.709. The molecule has 1 aliphatic heterocycles. The zero-order chi connectivity index (χ0) is 12.7. The highest BCUT2D eigenvalue weighted by Crippen LogP contribution is 2.26. The van der Waals surface area contributed by atoms with E-state index >= 15 is 0 Å². The Morgan fingerprint density at radius 2 is 2.33 bits per heavy atom. The molecule has 0 amide bonds. The topological polar surface area (TPSA) is 29.9 Å². The van der Waals surface area contributed by atoms with Crippen molar-refractivity contribution in [3.8, 4) is 0 Å². The van der Waals surface area contributed by atoms with Crippen molar-refractivity contribution in [1.82, 2.24) is 14.9 Å². The second-order valence-electron chi connectivity index (χ2n) is 5.26. The molecule has 1 N–H and O–H groups in total. The van der Waals surface area contributed by atoms with Gasteiger partial charge in [-0.15, -0.1) is 0 Å². The fourth-order valence-electron chi connectivity index (χ4n) is 2.76. The second-order valence-corrected chi connectivity index (χ2v) is 5.67. The van der Waals surface area contributed by atoms with Crippen LogP contribution in [0, 0.1) is 12.8 Å². The lowest BCUT2D eigenvalue weighted by Crippen LogP contribution is -2.12. The number of fused-ring (bicyclic) bond motifs is 1. The number of hydrogen-bond acceptors (Lipinski definition) is 2. The van der Waals surface area contributed by atoms with E-state index in [0.29, 0.717) is 5.92 Å². The van der Waals surface area contributed by atoms with Crippen molar-refractivity contribution >= 4 is 22.6 Å². The number of hydrogen-bond donors (Lipinski definition) is 1. The molecule has 0 aliphatic carbocycles. The number of aryl methyl sites for hydroxylation is 2. The highest BCUT2D eigenvalue weighted by molar-refractivity contribution is 6.35. The smallest absolute Gasteiger partial charge is 0.109 e. The van der Waals surface area contributed by atoms with Gasteiger partial charge in [-0.25, -0.2) is 4.98 Å². The van der Waals surface area contributed by atoms with E-state index in [2.05, 4.69) is 29.9 Å². The number of aromatic nitrogens is 2. The lowest BCUT2D eigenvalue weighted by Gasteiger charge is -2.07. The summed E-state index contributed by atoms with van der Waals surface area (Å²) in [6.45, 7) is 4.31. The van der Waals surface area contributed by atoms with Crippen molar-refractivity contribution in [1.29, 1.82) is 0 Å². The highest BCUT2D eigenvalue weighted by atomic mass is 35.5. The van der Waals surface area contributed by atoms with E-state index in [1.807, 2.05) is 6.07 Å². The van der Waals surface area contributed by atoms with Crippen LogP contribution in [0.4, 0.5) is 0 Å². The molecule has 0 radical (unpaired) electrons. The van der Waals surface area contributed by atoms with Crippen LogP contribution in [0.1, 0.15) is 17.8 Å². The van der Waals surface area contributed by atoms with E-state index in [-0.39, 0.29) is 0 Å². The molecular formula is C14H18ClN3. The van der Waals surface area contributed by atoms with Crippen LogP contribution in [0.25, 0.3) is 11.0 Å². The average Bonchev–Trinajstić information content (AvgIpc) is 2.91. The van der Waals surface area contributed by atoms with Crippen molar-refractivity contribution < 1.29 is 0 Å². The molecule has 1 saturated heterocycles. The first-order valence-corrected chi connectivity index (χ1v) is 6.85. The van der Waals surface area contributed by atoms with Gasteiger partial charge in [0.1, 0.15) is 11.3 Å². The van der Waals surface area contributed by atoms with Crippen molar-refractivity contribution in [2.24, 2.45) is 13.0 Å². The summed E-state index contributed by atoms with van der Waals surface area (Å²) >= 11 is 6.28. The van der Waals surface area contributed by atoms with Gasteiger partial charge in [-0.2, -0.15) is 0 Å². The molecular weight excluding hydrogens is 246 g/mol. The van der Waals surface area contributed by atoms with E-state index in [0.717, 1.165) is 41.4 Å². The Hall–Kier alpha value is -1.06. The molecule has 3 rings (SSSR count). The predicted octanol–water partition coefficient (Wildman–Crippen LogP) is 2.69. The minimum atomic E-state index is 0.709. The van der Waals surface area contributed by atoms with Crippen LogP contribution >= 0.6 is 11.6 Å². The summed E-state index contributed by atoms with van der Waals surface area (Å²) in [7, 11) is 2.09. The van der Waals surface area contributed by atoms with Gasteiger partial charge in [-0.3, -0.25) is 0 Å². The first-order valence-electron chi connectivity index (χ1n) is 6.47. The number of nitrogens with zero attached hydrogens (tertiary/aromatic N) is 2. The third-order valence-electron chi connectivity index (χ3n) is 3.81. The fourth-order valence-corrected chi connectivity index (χ4v) is 3.07. The molecule has 3 nitrogen and oxygen atoms in total. The summed E-state index contributed by atoms with van der Waals surface area (Å²) in [5.74, 6) is 1.85. The Morgan fingerprint density at radius 3 is 3.06 bits per heavy atom. The Bertz CT molecular complexity index is 582. The molecule has 1 aromatic heterocycles. The number of halogens is 1. The number of nitrogens with one attached hydrogen (secondary N) is 1. The molecule has 1 fully saturated rings. The molecule has 1 aromatic carbocycles. The van der Waals surface area contributed by atoms with E-state index < -0.39 is 0 Å². The van der Waals surface area contributed by atoms with Crippen molar-refractivity contribution in [3.63, 3.8) is 0 Å². The molecule has 18 heavy (non-hydrogen) atoms. The summed E-state index contributed by atoms with van der Waals surface area (Å²) in [5, 5.41) is 4.16. The molecule has 1 atom stereocenters. The van der Waals surface area contributed by atoms with Gasteiger partial charge >= 0.3 is 0 Å². The summed E-state index contributed by atoms with van der Waals surface area (Å²) < 4.78 is 2.19. The molecule has 0 bridgehead atoms. The SMILES string of the molecule is Cc1cc(Cl)c2nc(CC3CCNC3)n(C)c2c1. The Balaban J connectivity index is 2.02. The van der Waals surface area contributed by atoms with E-state index in [1.165, 1.54) is 12.0 Å². The maximum atomic E-state index is 6.28. The van der Waals surface area contributed by atoms with Crippen molar-refractivity contribution in [3.05, 3.63) is 28.5 Å². The van der Waals surface area contributed by atoms with Crippen LogP contribution in [-0.4, -0.2) is 22.6 Å². The standard InChI is InChI=1S/C14H18ClN3/c1-9-5-11(15)14-12(6-9)18(2)13(17-14)7-10-3-4-16-8-10/h5-6,10,16H,3-4,7-8H2,1-2H3. The van der Waals surface area contributed by atoms with Crippen LogP contribution < -0.4 is 5.32 Å². The maximum absolute atomic E-state index is 6.28. The van der Waals surface area contributed by atoms with E-state index in [4.69, 9.17) is 16.6 Å². The molecule has 1 unspecified atom stereocenters. The van der Waals surface area contributed by atoms with Crippen LogP contribution in [0.5, 0.6) is 0 Å². The summed E-state index contributed by atoms with van der Waals surface area (Å²) in [6.07, 6.45) is 2.28. The van der Waals surface area contributed by atoms with Gasteiger partial charge in [0, 0.05) is 13.5 Å². The summed E-state index contributed by atoms with van der Waals surface area (Å²) in [5.41, 5.74) is 3.26. The minimum Gasteiger partial charge on any atom is -0.331 e. The number of imidazole rings is 1. The van der Waals surface area contributed by atoms with Crippen LogP contribution in [0.3, 0.4) is 0 Å². The maximum Gasteiger partial charge on any atom is 0.109 e. The van der Waals surface area contributed by atoms with Gasteiger partial charge in [0.25, 0.3) is 0 Å². The molecule has 2 aromatic rings. The van der Waals surface area contributed by atoms with Crippen molar-refractivity contribution in [2.45, 2.75) is 19.8 Å². The van der Waals surface area contributed by atoms with E-state index in [9.17, 15) is 0 Å². The van der Waals surface area contributed by atoms with Crippen LogP contribution in [0.15, 0.2) is 12.1 Å². The lowest BCUT2D eigenvalue weighted by molar-refractivity contribution is 0.552. The molecule has 1 aliphatic rings. The number of rotatable bonds is 2. The Labute approximate surface area is 112 Å². The van der Waals surface area contributed by atoms with Gasteiger partial charge in [0.15, 0.2) is 0 Å². The summed E-state index contributed by atoms with van der Waals surface area (Å²) in [6, 6.07) is 4.14. The third kappa shape index (κ3) is 2.02.